The molecule has 0 saturated heterocycles. The third-order valence-electron chi connectivity index (χ3n) is 1.72. The summed E-state index contributed by atoms with van der Waals surface area (Å²) in [5.74, 6) is 0.820. The zero-order chi connectivity index (χ0) is 13.7. The summed E-state index contributed by atoms with van der Waals surface area (Å²) in [6.07, 6.45) is 0. The van der Waals surface area contributed by atoms with Crippen LogP contribution in [0.2, 0.25) is 10.0 Å². The molecule has 18 heavy (non-hydrogen) atoms. The molecular weight excluding hydrogens is 277 g/mol. The van der Waals surface area contributed by atoms with Crippen LogP contribution in [0.1, 0.15) is 5.82 Å². The maximum absolute atomic E-state index is 8.94. The van der Waals surface area contributed by atoms with Crippen LogP contribution in [0, 0.1) is 6.92 Å². The zero-order valence-electron chi connectivity index (χ0n) is 9.43. The number of aryl methyl sites for hydroxylation is 1. The molecule has 2 rings (SSSR count). The van der Waals surface area contributed by atoms with Gasteiger partial charge in [-0.25, -0.2) is 0 Å². The molecule has 0 aliphatic rings. The Morgan fingerprint density at radius 1 is 1.00 bits per heavy atom. The molecule has 0 atom stereocenters. The van der Waals surface area contributed by atoms with Crippen molar-refractivity contribution in [1.82, 2.24) is 15.0 Å². The van der Waals surface area contributed by atoms with Crippen molar-refractivity contribution in [3.05, 3.63) is 34.1 Å². The lowest BCUT2D eigenvalue weighted by atomic mass is 10.3. The third kappa shape index (κ3) is 4.23. The SMILES string of the molecule is Cc1nc(N)nc(N)n1.Oc1c(Cl)cccc1Cl. The van der Waals surface area contributed by atoms with Crippen LogP contribution in [0.5, 0.6) is 5.75 Å². The van der Waals surface area contributed by atoms with Crippen LogP contribution in [0.3, 0.4) is 0 Å². The first-order valence-corrected chi connectivity index (χ1v) is 5.52. The lowest BCUT2D eigenvalue weighted by molar-refractivity contribution is 0.476. The van der Waals surface area contributed by atoms with Gasteiger partial charge in [-0.05, 0) is 19.1 Å². The van der Waals surface area contributed by atoms with Crippen LogP contribution >= 0.6 is 23.2 Å². The van der Waals surface area contributed by atoms with Crippen LogP contribution in [-0.2, 0) is 0 Å². The van der Waals surface area contributed by atoms with Crippen LogP contribution in [0.4, 0.5) is 11.9 Å². The highest BCUT2D eigenvalue weighted by atomic mass is 35.5. The molecule has 8 heteroatoms. The third-order valence-corrected chi connectivity index (χ3v) is 2.33. The molecule has 2 aromatic rings. The number of benzene rings is 1. The van der Waals surface area contributed by atoms with Gasteiger partial charge in [0.25, 0.3) is 0 Å². The quantitative estimate of drug-likeness (QED) is 0.684. The van der Waals surface area contributed by atoms with E-state index < -0.39 is 0 Å². The van der Waals surface area contributed by atoms with E-state index in [0.29, 0.717) is 5.82 Å². The zero-order valence-corrected chi connectivity index (χ0v) is 10.9. The summed E-state index contributed by atoms with van der Waals surface area (Å²) in [5, 5.41) is 9.50. The van der Waals surface area contributed by atoms with Gasteiger partial charge in [-0.1, -0.05) is 29.3 Å². The van der Waals surface area contributed by atoms with E-state index in [0.717, 1.165) is 0 Å². The van der Waals surface area contributed by atoms with E-state index in [4.69, 9.17) is 39.8 Å². The summed E-state index contributed by atoms with van der Waals surface area (Å²) >= 11 is 11.0. The van der Waals surface area contributed by atoms with E-state index in [1.165, 1.54) is 0 Å². The average molecular weight is 288 g/mol. The molecular formula is C10H11Cl2N5O. The van der Waals surface area contributed by atoms with E-state index >= 15 is 0 Å². The molecule has 1 aromatic heterocycles. The fraction of sp³-hybridized carbons (Fsp3) is 0.100. The Kier molecular flexibility index (Phi) is 4.94. The van der Waals surface area contributed by atoms with Gasteiger partial charge in [0, 0.05) is 0 Å². The van der Waals surface area contributed by atoms with Crippen molar-refractivity contribution in [3.63, 3.8) is 0 Å². The fourth-order valence-electron chi connectivity index (χ4n) is 1.01. The Morgan fingerprint density at radius 3 is 1.78 bits per heavy atom. The smallest absolute Gasteiger partial charge is 0.225 e. The molecule has 0 bridgehead atoms. The fourth-order valence-corrected chi connectivity index (χ4v) is 1.41. The minimum atomic E-state index is -0.0548. The second kappa shape index (κ2) is 6.23. The minimum absolute atomic E-state index is 0.0548. The van der Waals surface area contributed by atoms with Gasteiger partial charge in [-0.2, -0.15) is 15.0 Å². The Balaban J connectivity index is 0.000000180. The number of aromatic hydroxyl groups is 1. The van der Waals surface area contributed by atoms with Crippen molar-refractivity contribution in [3.8, 4) is 5.75 Å². The number of rotatable bonds is 0. The van der Waals surface area contributed by atoms with Gasteiger partial charge in [0.05, 0.1) is 10.0 Å². The van der Waals surface area contributed by atoms with E-state index in [2.05, 4.69) is 15.0 Å². The molecule has 0 aliphatic carbocycles. The van der Waals surface area contributed by atoms with E-state index in [1.807, 2.05) is 0 Å². The number of halogens is 2. The number of nitrogen functional groups attached to an aromatic ring is 2. The molecule has 0 fully saturated rings. The molecule has 0 radical (unpaired) electrons. The normalized spacial score (nSPS) is 9.50. The molecule has 0 aliphatic heterocycles. The van der Waals surface area contributed by atoms with Crippen LogP contribution in [0.15, 0.2) is 18.2 Å². The first-order chi connectivity index (χ1) is 8.40. The van der Waals surface area contributed by atoms with Crippen molar-refractivity contribution in [2.45, 2.75) is 6.92 Å². The Labute approximate surface area is 114 Å². The van der Waals surface area contributed by atoms with Crippen LogP contribution in [-0.4, -0.2) is 20.1 Å². The molecule has 0 spiro atoms. The lowest BCUT2D eigenvalue weighted by Gasteiger charge is -1.95. The Hall–Kier alpha value is -1.79. The number of nitrogens with zero attached hydrogens (tertiary/aromatic N) is 3. The van der Waals surface area contributed by atoms with Crippen molar-refractivity contribution < 1.29 is 5.11 Å². The van der Waals surface area contributed by atoms with E-state index in [-0.39, 0.29) is 27.7 Å². The first kappa shape index (κ1) is 14.3. The average Bonchev–Trinajstić information content (AvgIpc) is 2.24. The Bertz CT molecular complexity index is 479. The lowest BCUT2D eigenvalue weighted by Crippen LogP contribution is -2.03. The summed E-state index contributed by atoms with van der Waals surface area (Å²) in [4.78, 5) is 11.0. The standard InChI is InChI=1S/C6H4Cl2O.C4H7N5/c7-4-2-1-3-5(8)6(4)9;1-2-7-3(5)9-4(6)8-2/h1-3,9H;1H3,(H4,5,6,7,8,9). The first-order valence-electron chi connectivity index (χ1n) is 4.76. The molecule has 0 saturated carbocycles. The maximum Gasteiger partial charge on any atom is 0.225 e. The number of nitrogens with two attached hydrogens (primary N) is 2. The number of hydrogen-bond donors (Lipinski definition) is 3. The van der Waals surface area contributed by atoms with Crippen LogP contribution in [0.25, 0.3) is 0 Å². The highest BCUT2D eigenvalue weighted by molar-refractivity contribution is 6.37. The summed E-state index contributed by atoms with van der Waals surface area (Å²) in [6.45, 7) is 1.70. The van der Waals surface area contributed by atoms with Gasteiger partial charge in [-0.15, -0.1) is 0 Å². The van der Waals surface area contributed by atoms with Gasteiger partial charge < -0.3 is 16.6 Å². The highest BCUT2D eigenvalue weighted by Crippen LogP contribution is 2.30. The van der Waals surface area contributed by atoms with Gasteiger partial charge in [0.1, 0.15) is 5.82 Å². The number of phenolic OH excluding ortho intramolecular Hbond substituents is 1. The second-order valence-electron chi connectivity index (χ2n) is 3.17. The molecule has 5 N–H and O–H groups in total. The summed E-state index contributed by atoms with van der Waals surface area (Å²) in [6, 6.07) is 4.82. The summed E-state index contributed by atoms with van der Waals surface area (Å²) < 4.78 is 0. The number of aromatic nitrogens is 3. The predicted octanol–water partition coefficient (Wildman–Crippen LogP) is 2.04. The van der Waals surface area contributed by atoms with Gasteiger partial charge in [-0.3, -0.25) is 0 Å². The van der Waals surface area contributed by atoms with Crippen LogP contribution < -0.4 is 11.5 Å². The minimum Gasteiger partial charge on any atom is -0.505 e. The molecule has 0 unspecified atom stereocenters. The number of anilines is 2. The van der Waals surface area contributed by atoms with E-state index in [9.17, 15) is 0 Å². The molecule has 6 nitrogen and oxygen atoms in total. The number of para-hydroxylation sites is 1. The second-order valence-corrected chi connectivity index (χ2v) is 3.98. The topological polar surface area (TPSA) is 111 Å². The monoisotopic (exact) mass is 287 g/mol. The highest BCUT2D eigenvalue weighted by Gasteiger charge is 1.99. The van der Waals surface area contributed by atoms with Crippen molar-refractivity contribution in [1.29, 1.82) is 0 Å². The van der Waals surface area contributed by atoms with Crippen molar-refractivity contribution in [2.75, 3.05) is 11.5 Å². The molecule has 0 amide bonds. The van der Waals surface area contributed by atoms with Gasteiger partial charge in [0.2, 0.25) is 11.9 Å². The summed E-state index contributed by atoms with van der Waals surface area (Å²) in [7, 11) is 0. The summed E-state index contributed by atoms with van der Waals surface area (Å²) in [5.41, 5.74) is 10.4. The maximum atomic E-state index is 8.94. The molecule has 1 aromatic carbocycles. The van der Waals surface area contributed by atoms with E-state index in [1.54, 1.807) is 25.1 Å². The number of hydrogen-bond acceptors (Lipinski definition) is 6. The van der Waals surface area contributed by atoms with Gasteiger partial charge >= 0.3 is 0 Å². The van der Waals surface area contributed by atoms with Gasteiger partial charge in [0.15, 0.2) is 5.75 Å². The number of phenols is 1. The van der Waals surface area contributed by atoms with Crippen molar-refractivity contribution >= 4 is 35.1 Å². The largest absolute Gasteiger partial charge is 0.505 e. The Morgan fingerprint density at radius 2 is 1.44 bits per heavy atom. The molecule has 96 valence electrons. The molecule has 1 heterocycles. The van der Waals surface area contributed by atoms with Crippen molar-refractivity contribution in [2.24, 2.45) is 0 Å². The predicted molar refractivity (Wildman–Crippen MR) is 71.5 cm³/mol.